The van der Waals surface area contributed by atoms with Gasteiger partial charge in [-0.3, -0.25) is 0 Å². The third kappa shape index (κ3) is 8.58. The summed E-state index contributed by atoms with van der Waals surface area (Å²) in [6.45, 7) is 4.04. The summed E-state index contributed by atoms with van der Waals surface area (Å²) in [7, 11) is 1.28. The Morgan fingerprint density at radius 2 is 2.24 bits per heavy atom. The second-order valence-corrected chi connectivity index (χ2v) is 4.21. The lowest BCUT2D eigenvalue weighted by Crippen LogP contribution is -2.43. The lowest BCUT2D eigenvalue weighted by molar-refractivity contribution is -0.147. The van der Waals surface area contributed by atoms with Gasteiger partial charge in [-0.2, -0.15) is 11.8 Å². The Kier molecular flexibility index (Phi) is 9.27. The summed E-state index contributed by atoms with van der Waals surface area (Å²) in [5, 5.41) is 13.7. The molecule has 2 amide bonds. The molecule has 1 unspecified atom stereocenters. The van der Waals surface area contributed by atoms with Crippen LogP contribution in [0.25, 0.3) is 0 Å². The topological polar surface area (TPSA) is 87.7 Å². The van der Waals surface area contributed by atoms with Crippen molar-refractivity contribution in [3.05, 3.63) is 12.7 Å². The molecular formula is C10H18N2O4S. The maximum absolute atomic E-state index is 11.2. The van der Waals surface area contributed by atoms with Gasteiger partial charge in [0.15, 0.2) is 6.10 Å². The minimum absolute atomic E-state index is 0.0581. The Bertz CT molecular complexity index is 261. The van der Waals surface area contributed by atoms with Gasteiger partial charge in [0.25, 0.3) is 0 Å². The van der Waals surface area contributed by atoms with Gasteiger partial charge in [-0.05, 0) is 0 Å². The molecule has 0 aromatic heterocycles. The maximum Gasteiger partial charge on any atom is 0.334 e. The highest BCUT2D eigenvalue weighted by Crippen LogP contribution is 1.96. The summed E-state index contributed by atoms with van der Waals surface area (Å²) < 4.78 is 4.66. The fourth-order valence-electron chi connectivity index (χ4n) is 0.923. The van der Waals surface area contributed by atoms with Crippen LogP contribution in [0, 0.1) is 0 Å². The smallest absolute Gasteiger partial charge is 0.334 e. The molecule has 0 bridgehead atoms. The van der Waals surface area contributed by atoms with Crippen molar-refractivity contribution in [2.75, 3.05) is 31.7 Å². The molecule has 0 saturated carbocycles. The number of hydrogen-bond acceptors (Lipinski definition) is 4. The largest absolute Gasteiger partial charge is 0.479 e. The van der Waals surface area contributed by atoms with Crippen LogP contribution in [-0.4, -0.2) is 54.9 Å². The molecule has 6 nitrogen and oxygen atoms in total. The van der Waals surface area contributed by atoms with Gasteiger partial charge < -0.3 is 20.5 Å². The van der Waals surface area contributed by atoms with Crippen molar-refractivity contribution >= 4 is 23.8 Å². The van der Waals surface area contributed by atoms with Gasteiger partial charge in [0.1, 0.15) is 0 Å². The molecule has 3 N–H and O–H groups in total. The Morgan fingerprint density at radius 1 is 1.53 bits per heavy atom. The predicted octanol–water partition coefficient (Wildman–Crippen LogP) is 0.304. The van der Waals surface area contributed by atoms with Crippen molar-refractivity contribution < 1.29 is 19.4 Å². The van der Waals surface area contributed by atoms with E-state index in [1.165, 1.54) is 7.11 Å². The molecule has 0 aromatic rings. The molecule has 0 aliphatic rings. The fraction of sp³-hybridized carbons (Fsp3) is 0.600. The first-order chi connectivity index (χ1) is 8.11. The minimum Gasteiger partial charge on any atom is -0.479 e. The van der Waals surface area contributed by atoms with Crippen molar-refractivity contribution in [2.24, 2.45) is 0 Å². The molecule has 0 saturated heterocycles. The van der Waals surface area contributed by atoms with Crippen LogP contribution in [0.2, 0.25) is 0 Å². The number of hydrogen-bond donors (Lipinski definition) is 3. The SMILES string of the molecule is C=CCSCCNC(=O)NCC(OC)C(=O)O. The zero-order valence-corrected chi connectivity index (χ0v) is 10.6. The van der Waals surface area contributed by atoms with E-state index in [0.717, 1.165) is 11.5 Å². The zero-order valence-electron chi connectivity index (χ0n) is 9.77. The number of thioether (sulfide) groups is 1. The number of carboxylic acid groups (broad SMARTS) is 1. The number of carboxylic acids is 1. The minimum atomic E-state index is -1.10. The highest BCUT2D eigenvalue weighted by molar-refractivity contribution is 7.99. The van der Waals surface area contributed by atoms with Gasteiger partial charge in [0.05, 0.1) is 6.54 Å². The molecule has 0 fully saturated rings. The lowest BCUT2D eigenvalue weighted by Gasteiger charge is -2.12. The van der Waals surface area contributed by atoms with Crippen LogP contribution in [0.3, 0.4) is 0 Å². The molecular weight excluding hydrogens is 244 g/mol. The van der Waals surface area contributed by atoms with Crippen molar-refractivity contribution in [1.29, 1.82) is 0 Å². The average Bonchev–Trinajstić information content (AvgIpc) is 2.29. The summed E-state index contributed by atoms with van der Waals surface area (Å²) in [6.07, 6.45) is 0.775. The molecule has 0 radical (unpaired) electrons. The monoisotopic (exact) mass is 262 g/mol. The lowest BCUT2D eigenvalue weighted by atomic mass is 10.3. The first-order valence-electron chi connectivity index (χ1n) is 5.07. The molecule has 0 rings (SSSR count). The van der Waals surface area contributed by atoms with E-state index in [9.17, 15) is 9.59 Å². The number of nitrogens with one attached hydrogen (secondary N) is 2. The number of amides is 2. The van der Waals surface area contributed by atoms with Gasteiger partial charge in [-0.15, -0.1) is 6.58 Å². The van der Waals surface area contributed by atoms with E-state index in [1.807, 2.05) is 0 Å². The van der Waals surface area contributed by atoms with Crippen molar-refractivity contribution in [3.63, 3.8) is 0 Å². The summed E-state index contributed by atoms with van der Waals surface area (Å²) in [5.41, 5.74) is 0. The quantitative estimate of drug-likeness (QED) is 0.411. The number of carbonyl (C=O) groups is 2. The molecule has 17 heavy (non-hydrogen) atoms. The molecule has 0 aliphatic carbocycles. The number of urea groups is 1. The van der Waals surface area contributed by atoms with E-state index in [4.69, 9.17) is 5.11 Å². The van der Waals surface area contributed by atoms with E-state index < -0.39 is 18.1 Å². The standard InChI is InChI=1S/C10H18N2O4S/c1-3-5-17-6-4-11-10(15)12-7-8(16-2)9(13)14/h3,8H,1,4-7H2,2H3,(H,13,14)(H2,11,12,15). The highest BCUT2D eigenvalue weighted by atomic mass is 32.2. The number of ether oxygens (including phenoxy) is 1. The van der Waals surface area contributed by atoms with Crippen LogP contribution in [0.4, 0.5) is 4.79 Å². The summed E-state index contributed by atoms with van der Waals surface area (Å²) in [4.78, 5) is 21.8. The Hall–Kier alpha value is -1.21. The average molecular weight is 262 g/mol. The number of aliphatic carboxylic acids is 1. The first-order valence-corrected chi connectivity index (χ1v) is 6.23. The van der Waals surface area contributed by atoms with Gasteiger partial charge in [0.2, 0.25) is 0 Å². The zero-order chi connectivity index (χ0) is 13.1. The van der Waals surface area contributed by atoms with Crippen LogP contribution in [0.5, 0.6) is 0 Å². The number of methoxy groups -OCH3 is 1. The highest BCUT2D eigenvalue weighted by Gasteiger charge is 2.16. The molecule has 0 aliphatic heterocycles. The molecule has 0 heterocycles. The Labute approximate surface area is 105 Å². The van der Waals surface area contributed by atoms with Crippen LogP contribution in [-0.2, 0) is 9.53 Å². The second-order valence-electron chi connectivity index (χ2n) is 3.06. The Balaban J connectivity index is 3.58. The third-order valence-electron chi connectivity index (χ3n) is 1.78. The Morgan fingerprint density at radius 3 is 2.76 bits per heavy atom. The molecule has 0 aromatic carbocycles. The molecule has 1 atom stereocenters. The van der Waals surface area contributed by atoms with Crippen molar-refractivity contribution in [3.8, 4) is 0 Å². The van der Waals surface area contributed by atoms with Crippen LogP contribution < -0.4 is 10.6 Å². The number of carbonyl (C=O) groups excluding carboxylic acids is 1. The van der Waals surface area contributed by atoms with E-state index in [-0.39, 0.29) is 6.54 Å². The molecule has 0 spiro atoms. The predicted molar refractivity (Wildman–Crippen MR) is 67.4 cm³/mol. The van der Waals surface area contributed by atoms with Gasteiger partial charge >= 0.3 is 12.0 Å². The van der Waals surface area contributed by atoms with Gasteiger partial charge in [0, 0.05) is 25.2 Å². The van der Waals surface area contributed by atoms with Gasteiger partial charge in [-0.25, -0.2) is 9.59 Å². The van der Waals surface area contributed by atoms with E-state index in [2.05, 4.69) is 21.9 Å². The number of rotatable bonds is 9. The summed E-state index contributed by atoms with van der Waals surface area (Å²) in [5.74, 6) is 0.523. The van der Waals surface area contributed by atoms with Crippen LogP contribution in [0.1, 0.15) is 0 Å². The second kappa shape index (κ2) is 9.98. The molecule has 7 heteroatoms. The van der Waals surface area contributed by atoms with E-state index in [1.54, 1.807) is 17.8 Å². The molecule has 98 valence electrons. The van der Waals surface area contributed by atoms with Gasteiger partial charge in [-0.1, -0.05) is 6.08 Å². The summed E-state index contributed by atoms with van der Waals surface area (Å²) in [6, 6.07) is -0.396. The van der Waals surface area contributed by atoms with E-state index in [0.29, 0.717) is 6.54 Å². The van der Waals surface area contributed by atoms with Crippen molar-refractivity contribution in [2.45, 2.75) is 6.10 Å². The fourth-order valence-corrected chi connectivity index (χ4v) is 1.50. The normalized spacial score (nSPS) is 11.6. The summed E-state index contributed by atoms with van der Waals surface area (Å²) >= 11 is 1.65. The third-order valence-corrected chi connectivity index (χ3v) is 2.74. The van der Waals surface area contributed by atoms with Crippen LogP contribution in [0.15, 0.2) is 12.7 Å². The maximum atomic E-state index is 11.2. The van der Waals surface area contributed by atoms with Crippen molar-refractivity contribution in [1.82, 2.24) is 10.6 Å². The first kappa shape index (κ1) is 15.8. The van der Waals surface area contributed by atoms with Crippen LogP contribution >= 0.6 is 11.8 Å². The van der Waals surface area contributed by atoms with E-state index >= 15 is 0 Å².